The van der Waals surface area contributed by atoms with Crippen LogP contribution in [0, 0.1) is 10.8 Å². The van der Waals surface area contributed by atoms with Crippen molar-refractivity contribution >= 4 is 11.7 Å². The fraction of sp³-hybridized carbons (Fsp3) is 0.750. The fourth-order valence-corrected chi connectivity index (χ4v) is 2.21. The minimum Gasteiger partial charge on any atom is -0.461 e. The first-order chi connectivity index (χ1) is 9.58. The molecule has 0 aromatic rings. The van der Waals surface area contributed by atoms with E-state index in [-0.39, 0.29) is 29.4 Å². The number of allylic oxidation sites excluding steroid dienone is 1. The van der Waals surface area contributed by atoms with Crippen molar-refractivity contribution < 1.29 is 14.3 Å². The highest BCUT2D eigenvalue weighted by Crippen LogP contribution is 2.30. The van der Waals surface area contributed by atoms with Crippen molar-refractivity contribution in [1.82, 2.24) is 5.32 Å². The number of esters is 1. The van der Waals surface area contributed by atoms with Gasteiger partial charge in [0.05, 0.1) is 18.2 Å². The molecule has 2 N–H and O–H groups in total. The van der Waals surface area contributed by atoms with E-state index in [9.17, 15) is 4.79 Å². The third-order valence-corrected chi connectivity index (χ3v) is 3.64. The predicted octanol–water partition coefficient (Wildman–Crippen LogP) is 2.66. The summed E-state index contributed by atoms with van der Waals surface area (Å²) >= 11 is 0. The third-order valence-electron chi connectivity index (χ3n) is 3.64. The summed E-state index contributed by atoms with van der Waals surface area (Å²) in [7, 11) is 0. The van der Waals surface area contributed by atoms with Crippen LogP contribution >= 0.6 is 0 Å². The van der Waals surface area contributed by atoms with Gasteiger partial charge in [-0.2, -0.15) is 0 Å². The van der Waals surface area contributed by atoms with Crippen molar-refractivity contribution in [3.8, 4) is 0 Å². The molecular weight excluding hydrogens is 268 g/mol. The maximum atomic E-state index is 11.6. The van der Waals surface area contributed by atoms with E-state index in [4.69, 9.17) is 14.9 Å². The first-order valence-corrected chi connectivity index (χ1v) is 7.46. The van der Waals surface area contributed by atoms with Crippen LogP contribution in [-0.4, -0.2) is 36.5 Å². The molecule has 1 fully saturated rings. The second-order valence-electron chi connectivity index (χ2n) is 6.88. The zero-order valence-corrected chi connectivity index (χ0v) is 14.0. The molecule has 5 heteroatoms. The normalized spacial score (nSPS) is 22.0. The van der Waals surface area contributed by atoms with Gasteiger partial charge >= 0.3 is 5.97 Å². The van der Waals surface area contributed by atoms with Crippen LogP contribution in [0.1, 0.15) is 48.0 Å². The minimum atomic E-state index is -0.594. The Morgan fingerprint density at radius 1 is 1.48 bits per heavy atom. The quantitative estimate of drug-likeness (QED) is 0.604. The molecule has 1 aliphatic heterocycles. The highest BCUT2D eigenvalue weighted by Gasteiger charge is 2.37. The lowest BCUT2D eigenvalue weighted by atomic mass is 9.88. The molecule has 1 atom stereocenters. The maximum absolute atomic E-state index is 11.6. The van der Waals surface area contributed by atoms with Gasteiger partial charge in [0.15, 0.2) is 0 Å². The number of hydrogen-bond acceptors (Lipinski definition) is 5. The molecule has 5 nitrogen and oxygen atoms in total. The lowest BCUT2D eigenvalue weighted by Crippen LogP contribution is -2.45. The SMILES string of the molecule is CCOC(=O)C(=N)/C=C(\NC1CCOC1(C)C)C(C)(C)C. The van der Waals surface area contributed by atoms with Gasteiger partial charge in [0, 0.05) is 17.7 Å². The summed E-state index contributed by atoms with van der Waals surface area (Å²) in [4.78, 5) is 11.6. The predicted molar refractivity (Wildman–Crippen MR) is 83.5 cm³/mol. The second-order valence-corrected chi connectivity index (χ2v) is 6.88. The lowest BCUT2D eigenvalue weighted by molar-refractivity contribution is -0.135. The minimum absolute atomic E-state index is 0.133. The summed E-state index contributed by atoms with van der Waals surface area (Å²) in [5, 5.41) is 11.3. The topological polar surface area (TPSA) is 71.4 Å². The Morgan fingerprint density at radius 3 is 2.52 bits per heavy atom. The first-order valence-electron chi connectivity index (χ1n) is 7.46. The van der Waals surface area contributed by atoms with Crippen LogP contribution in [0.4, 0.5) is 0 Å². The van der Waals surface area contributed by atoms with E-state index in [2.05, 4.69) is 19.2 Å². The molecular formula is C16H28N2O3. The number of ether oxygens (including phenoxy) is 2. The summed E-state index contributed by atoms with van der Waals surface area (Å²) in [6.07, 6.45) is 2.49. The van der Waals surface area contributed by atoms with Crippen LogP contribution in [0.5, 0.6) is 0 Å². The monoisotopic (exact) mass is 296 g/mol. The average Bonchev–Trinajstić information content (AvgIpc) is 2.66. The smallest absolute Gasteiger partial charge is 0.356 e. The molecule has 0 amide bonds. The van der Waals surface area contributed by atoms with Crippen LogP contribution in [-0.2, 0) is 14.3 Å². The Bertz CT molecular complexity index is 433. The van der Waals surface area contributed by atoms with Crippen molar-refractivity contribution in [2.24, 2.45) is 5.41 Å². The second kappa shape index (κ2) is 6.60. The van der Waals surface area contributed by atoms with Crippen molar-refractivity contribution in [1.29, 1.82) is 5.41 Å². The Balaban J connectivity index is 2.92. The number of carbonyl (C=O) groups is 1. The molecule has 21 heavy (non-hydrogen) atoms. The highest BCUT2D eigenvalue weighted by molar-refractivity contribution is 6.39. The molecule has 0 aliphatic carbocycles. The van der Waals surface area contributed by atoms with Crippen LogP contribution in [0.2, 0.25) is 0 Å². The summed E-state index contributed by atoms with van der Waals surface area (Å²) in [6.45, 7) is 13.0. The Hall–Kier alpha value is -1.36. The molecule has 1 unspecified atom stereocenters. The zero-order valence-electron chi connectivity index (χ0n) is 14.0. The van der Waals surface area contributed by atoms with Gasteiger partial charge in [0.2, 0.25) is 0 Å². The molecule has 0 aromatic heterocycles. The van der Waals surface area contributed by atoms with Gasteiger partial charge in [-0.1, -0.05) is 20.8 Å². The van der Waals surface area contributed by atoms with Crippen LogP contribution in [0.25, 0.3) is 0 Å². The highest BCUT2D eigenvalue weighted by atomic mass is 16.5. The number of rotatable bonds is 5. The lowest BCUT2D eigenvalue weighted by Gasteiger charge is -2.33. The first kappa shape index (κ1) is 17.7. The van der Waals surface area contributed by atoms with Gasteiger partial charge in [-0.15, -0.1) is 0 Å². The maximum Gasteiger partial charge on any atom is 0.356 e. The van der Waals surface area contributed by atoms with Crippen molar-refractivity contribution in [3.05, 3.63) is 11.8 Å². The van der Waals surface area contributed by atoms with Crippen molar-refractivity contribution in [2.45, 2.75) is 59.6 Å². The van der Waals surface area contributed by atoms with Gasteiger partial charge < -0.3 is 14.8 Å². The standard InChI is InChI=1S/C16H28N2O3/c1-7-20-14(19)11(17)10-13(15(2,3)4)18-12-8-9-21-16(12,5)6/h10,12,17-18H,7-9H2,1-6H3/b13-10-,17-11?. The van der Waals surface area contributed by atoms with Crippen molar-refractivity contribution in [2.75, 3.05) is 13.2 Å². The van der Waals surface area contributed by atoms with Crippen LogP contribution in [0.3, 0.4) is 0 Å². The molecule has 1 heterocycles. The molecule has 0 aromatic carbocycles. The van der Waals surface area contributed by atoms with E-state index in [0.717, 1.165) is 18.7 Å². The molecule has 1 rings (SSSR count). The van der Waals surface area contributed by atoms with E-state index in [1.165, 1.54) is 0 Å². The van der Waals surface area contributed by atoms with Crippen LogP contribution in [0.15, 0.2) is 11.8 Å². The third kappa shape index (κ3) is 4.84. The van der Waals surface area contributed by atoms with E-state index >= 15 is 0 Å². The van der Waals surface area contributed by atoms with Gasteiger partial charge in [0.25, 0.3) is 0 Å². The molecule has 0 saturated carbocycles. The Kier molecular flexibility index (Phi) is 5.56. The van der Waals surface area contributed by atoms with E-state index in [1.807, 2.05) is 20.8 Å². The molecule has 0 radical (unpaired) electrons. The molecule has 120 valence electrons. The summed E-state index contributed by atoms with van der Waals surface area (Å²) < 4.78 is 10.6. The number of nitrogens with one attached hydrogen (secondary N) is 2. The van der Waals surface area contributed by atoms with E-state index in [1.54, 1.807) is 13.0 Å². The van der Waals surface area contributed by atoms with Gasteiger partial charge in [-0.25, -0.2) is 4.79 Å². The number of hydrogen-bond donors (Lipinski definition) is 2. The average molecular weight is 296 g/mol. The molecule has 1 aliphatic rings. The van der Waals surface area contributed by atoms with Crippen LogP contribution < -0.4 is 5.32 Å². The van der Waals surface area contributed by atoms with Gasteiger partial charge in [-0.3, -0.25) is 5.41 Å². The molecule has 0 spiro atoms. The largest absolute Gasteiger partial charge is 0.461 e. The fourth-order valence-electron chi connectivity index (χ4n) is 2.21. The summed E-state index contributed by atoms with van der Waals surface area (Å²) in [5.41, 5.74) is 0.267. The summed E-state index contributed by atoms with van der Waals surface area (Å²) in [6, 6.07) is 0.165. The van der Waals surface area contributed by atoms with E-state index in [0.29, 0.717) is 0 Å². The van der Waals surface area contributed by atoms with Crippen molar-refractivity contribution in [3.63, 3.8) is 0 Å². The Morgan fingerprint density at radius 2 is 2.10 bits per heavy atom. The Labute approximate surface area is 127 Å². The molecule has 1 saturated heterocycles. The zero-order chi connectivity index (χ0) is 16.3. The molecule has 0 bridgehead atoms. The van der Waals surface area contributed by atoms with E-state index < -0.39 is 5.97 Å². The summed E-state index contributed by atoms with van der Waals surface area (Å²) in [5.74, 6) is -0.594. The number of carbonyl (C=O) groups excluding carboxylic acids is 1. The van der Waals surface area contributed by atoms with Gasteiger partial charge in [-0.05, 0) is 33.3 Å². The van der Waals surface area contributed by atoms with Gasteiger partial charge in [0.1, 0.15) is 5.71 Å².